The molecule has 0 bridgehead atoms. The molecule has 2 N–H and O–H groups in total. The summed E-state index contributed by atoms with van der Waals surface area (Å²) in [6.07, 6.45) is 1.50. The second-order valence-electron chi connectivity index (χ2n) is 5.07. The van der Waals surface area contributed by atoms with Gasteiger partial charge >= 0.3 is 0 Å². The highest BCUT2D eigenvalue weighted by atomic mass is 32.2. The number of carbonyl (C=O) groups excluding carboxylic acids is 1. The monoisotopic (exact) mass is 296 g/mol. The van der Waals surface area contributed by atoms with Gasteiger partial charge in [-0.15, -0.1) is 0 Å². The summed E-state index contributed by atoms with van der Waals surface area (Å²) < 4.78 is 22.6. The molecule has 0 spiro atoms. The van der Waals surface area contributed by atoms with E-state index in [1.165, 1.54) is 5.56 Å². The van der Waals surface area contributed by atoms with Gasteiger partial charge in [-0.3, -0.25) is 4.79 Å². The third-order valence-corrected chi connectivity index (χ3v) is 5.18. The van der Waals surface area contributed by atoms with Gasteiger partial charge in [0.15, 0.2) is 9.84 Å². The van der Waals surface area contributed by atoms with Crippen molar-refractivity contribution in [3.8, 4) is 0 Å². The highest BCUT2D eigenvalue weighted by molar-refractivity contribution is 7.91. The molecule has 0 radical (unpaired) electrons. The first-order valence-corrected chi connectivity index (χ1v) is 8.63. The van der Waals surface area contributed by atoms with Gasteiger partial charge in [0.2, 0.25) is 5.91 Å². The number of amides is 1. The van der Waals surface area contributed by atoms with E-state index in [9.17, 15) is 13.2 Å². The first kappa shape index (κ1) is 14.8. The minimum atomic E-state index is -2.95. The van der Waals surface area contributed by atoms with Crippen LogP contribution in [0.4, 0.5) is 5.69 Å². The van der Waals surface area contributed by atoms with Crippen LogP contribution >= 0.6 is 0 Å². The van der Waals surface area contributed by atoms with Gasteiger partial charge in [0.25, 0.3) is 0 Å². The summed E-state index contributed by atoms with van der Waals surface area (Å²) in [6, 6.07) is 7.67. The standard InChI is InChI=1S/C14H20N2O3S/c1-2-11-3-5-12(6-4-11)15-9-14(17)16-13-7-8-20(18,19)10-13/h3-6,13,15H,2,7-10H2,1H3,(H,16,17). The molecule has 1 fully saturated rings. The lowest BCUT2D eigenvalue weighted by Crippen LogP contribution is -2.39. The van der Waals surface area contributed by atoms with Crippen LogP contribution in [0.2, 0.25) is 0 Å². The van der Waals surface area contributed by atoms with E-state index in [0.717, 1.165) is 12.1 Å². The zero-order valence-corrected chi connectivity index (χ0v) is 12.4. The molecule has 1 aliphatic heterocycles. The highest BCUT2D eigenvalue weighted by Gasteiger charge is 2.28. The van der Waals surface area contributed by atoms with Crippen LogP contribution in [0.15, 0.2) is 24.3 Å². The van der Waals surface area contributed by atoms with Gasteiger partial charge in [0, 0.05) is 11.7 Å². The molecule has 6 heteroatoms. The van der Waals surface area contributed by atoms with Gasteiger partial charge in [-0.05, 0) is 30.5 Å². The van der Waals surface area contributed by atoms with Crippen molar-refractivity contribution in [1.82, 2.24) is 5.32 Å². The molecule has 0 aliphatic carbocycles. The van der Waals surface area contributed by atoms with Crippen LogP contribution in [0.5, 0.6) is 0 Å². The Morgan fingerprint density at radius 2 is 2.00 bits per heavy atom. The van der Waals surface area contributed by atoms with Crippen LogP contribution in [0.1, 0.15) is 18.9 Å². The van der Waals surface area contributed by atoms with Gasteiger partial charge in [0.05, 0.1) is 18.1 Å². The lowest BCUT2D eigenvalue weighted by atomic mass is 10.1. The molecular weight excluding hydrogens is 276 g/mol. The molecule has 2 rings (SSSR count). The smallest absolute Gasteiger partial charge is 0.239 e. The van der Waals surface area contributed by atoms with Crippen LogP contribution in [-0.2, 0) is 21.1 Å². The van der Waals surface area contributed by atoms with Crippen molar-refractivity contribution in [3.05, 3.63) is 29.8 Å². The van der Waals surface area contributed by atoms with Crippen molar-refractivity contribution < 1.29 is 13.2 Å². The normalized spacial score (nSPS) is 20.6. The maximum absolute atomic E-state index is 11.7. The third kappa shape index (κ3) is 4.23. The SMILES string of the molecule is CCc1ccc(NCC(=O)NC2CCS(=O)(=O)C2)cc1. The number of anilines is 1. The molecule has 1 aromatic rings. The zero-order valence-electron chi connectivity index (χ0n) is 11.6. The minimum absolute atomic E-state index is 0.0595. The molecule has 1 aliphatic rings. The Balaban J connectivity index is 1.77. The summed E-state index contributed by atoms with van der Waals surface area (Å²) in [5.74, 6) is 0.0556. The second-order valence-corrected chi connectivity index (χ2v) is 7.30. The zero-order chi connectivity index (χ0) is 14.6. The molecule has 1 aromatic carbocycles. The van der Waals surface area contributed by atoms with E-state index in [0.29, 0.717) is 6.42 Å². The predicted molar refractivity (Wildman–Crippen MR) is 79.5 cm³/mol. The number of sulfone groups is 1. The Morgan fingerprint density at radius 3 is 2.55 bits per heavy atom. The first-order chi connectivity index (χ1) is 9.48. The molecule has 1 saturated heterocycles. The number of rotatable bonds is 5. The molecule has 0 saturated carbocycles. The maximum atomic E-state index is 11.7. The number of hydrogen-bond acceptors (Lipinski definition) is 4. The average molecular weight is 296 g/mol. The van der Waals surface area contributed by atoms with E-state index in [2.05, 4.69) is 17.6 Å². The fourth-order valence-corrected chi connectivity index (χ4v) is 3.90. The molecule has 20 heavy (non-hydrogen) atoms. The number of benzene rings is 1. The fourth-order valence-electron chi connectivity index (χ4n) is 2.23. The van der Waals surface area contributed by atoms with E-state index in [1.807, 2.05) is 24.3 Å². The summed E-state index contributed by atoms with van der Waals surface area (Å²) in [5, 5.41) is 5.78. The van der Waals surface area contributed by atoms with Crippen molar-refractivity contribution >= 4 is 21.4 Å². The second kappa shape index (κ2) is 6.26. The summed E-state index contributed by atoms with van der Waals surface area (Å²) in [6.45, 7) is 2.24. The van der Waals surface area contributed by atoms with Gasteiger partial charge < -0.3 is 10.6 Å². The molecule has 0 aromatic heterocycles. The Morgan fingerprint density at radius 1 is 1.30 bits per heavy atom. The molecule has 1 heterocycles. The molecule has 5 nitrogen and oxygen atoms in total. The molecule has 1 unspecified atom stereocenters. The van der Waals surface area contributed by atoms with Crippen molar-refractivity contribution in [3.63, 3.8) is 0 Å². The van der Waals surface area contributed by atoms with Crippen molar-refractivity contribution in [2.24, 2.45) is 0 Å². The number of nitrogens with one attached hydrogen (secondary N) is 2. The van der Waals surface area contributed by atoms with Gasteiger partial charge in [-0.2, -0.15) is 0 Å². The maximum Gasteiger partial charge on any atom is 0.239 e. The lowest BCUT2D eigenvalue weighted by Gasteiger charge is -2.12. The van der Waals surface area contributed by atoms with Gasteiger partial charge in [0.1, 0.15) is 0 Å². The molecule has 110 valence electrons. The highest BCUT2D eigenvalue weighted by Crippen LogP contribution is 2.12. The molecular formula is C14H20N2O3S. The van der Waals surface area contributed by atoms with E-state index in [4.69, 9.17) is 0 Å². The Bertz CT molecular complexity index is 567. The summed E-state index contributed by atoms with van der Waals surface area (Å²) in [4.78, 5) is 11.7. The van der Waals surface area contributed by atoms with Crippen LogP contribution in [0, 0.1) is 0 Å². The van der Waals surface area contributed by atoms with E-state index < -0.39 is 9.84 Å². The summed E-state index contributed by atoms with van der Waals surface area (Å²) in [5.41, 5.74) is 2.13. The molecule has 1 atom stereocenters. The van der Waals surface area contributed by atoms with Crippen LogP contribution in [0.25, 0.3) is 0 Å². The Labute approximate surface area is 119 Å². The van der Waals surface area contributed by atoms with Crippen molar-refractivity contribution in [2.45, 2.75) is 25.8 Å². The summed E-state index contributed by atoms with van der Waals surface area (Å²) >= 11 is 0. The third-order valence-electron chi connectivity index (χ3n) is 3.41. The Kier molecular flexibility index (Phi) is 4.65. The van der Waals surface area contributed by atoms with E-state index in [1.54, 1.807) is 0 Å². The quantitative estimate of drug-likeness (QED) is 0.849. The average Bonchev–Trinajstić information content (AvgIpc) is 2.76. The van der Waals surface area contributed by atoms with E-state index in [-0.39, 0.29) is 30.0 Å². The van der Waals surface area contributed by atoms with Crippen molar-refractivity contribution in [1.29, 1.82) is 0 Å². The molecule has 1 amide bonds. The van der Waals surface area contributed by atoms with Gasteiger partial charge in [-0.1, -0.05) is 19.1 Å². The first-order valence-electron chi connectivity index (χ1n) is 6.81. The summed E-state index contributed by atoms with van der Waals surface area (Å²) in [7, 11) is -2.95. The van der Waals surface area contributed by atoms with E-state index >= 15 is 0 Å². The van der Waals surface area contributed by atoms with Crippen LogP contribution in [0.3, 0.4) is 0 Å². The predicted octanol–water partition coefficient (Wildman–Crippen LogP) is 0.964. The van der Waals surface area contributed by atoms with Crippen molar-refractivity contribution in [2.75, 3.05) is 23.4 Å². The topological polar surface area (TPSA) is 75.3 Å². The number of hydrogen-bond donors (Lipinski definition) is 2. The minimum Gasteiger partial charge on any atom is -0.376 e. The number of aryl methyl sites for hydroxylation is 1. The lowest BCUT2D eigenvalue weighted by molar-refractivity contribution is -0.119. The Hall–Kier alpha value is -1.56. The van der Waals surface area contributed by atoms with Crippen LogP contribution < -0.4 is 10.6 Å². The fraction of sp³-hybridized carbons (Fsp3) is 0.500. The van der Waals surface area contributed by atoms with Crippen LogP contribution in [-0.4, -0.2) is 38.4 Å². The number of carbonyl (C=O) groups is 1. The van der Waals surface area contributed by atoms with Gasteiger partial charge in [-0.25, -0.2) is 8.42 Å². The largest absolute Gasteiger partial charge is 0.376 e.